The van der Waals surface area contributed by atoms with Crippen molar-refractivity contribution in [2.24, 2.45) is 0 Å². The van der Waals surface area contributed by atoms with Gasteiger partial charge in [-0.2, -0.15) is 13.2 Å². The first-order valence-corrected chi connectivity index (χ1v) is 8.65. The van der Waals surface area contributed by atoms with Crippen LogP contribution >= 0.6 is 11.6 Å². The molecule has 0 aliphatic rings. The lowest BCUT2D eigenvalue weighted by molar-refractivity contribution is -0.137. The van der Waals surface area contributed by atoms with Gasteiger partial charge in [0.1, 0.15) is 5.82 Å². The van der Waals surface area contributed by atoms with Crippen LogP contribution < -0.4 is 5.32 Å². The van der Waals surface area contributed by atoms with Crippen molar-refractivity contribution in [3.05, 3.63) is 65.3 Å². The molecule has 0 amide bonds. The molecule has 0 fully saturated rings. The fourth-order valence-electron chi connectivity index (χ4n) is 2.71. The van der Waals surface area contributed by atoms with Crippen LogP contribution in [0.5, 0.6) is 0 Å². The molecule has 2 aromatic heterocycles. The minimum Gasteiger partial charge on any atom is -0.392 e. The van der Waals surface area contributed by atoms with Gasteiger partial charge < -0.3 is 15.0 Å². The van der Waals surface area contributed by atoms with Crippen LogP contribution in [0.25, 0.3) is 11.3 Å². The summed E-state index contributed by atoms with van der Waals surface area (Å²) in [6.07, 6.45) is -1.41. The molecule has 0 radical (unpaired) electrons. The molecule has 1 atom stereocenters. The number of hydrogen-bond acceptors (Lipinski definition) is 3. The second-order valence-electron chi connectivity index (χ2n) is 6.31. The number of halogens is 5. The molecule has 3 rings (SSSR count). The molecule has 0 spiro atoms. The maximum atomic E-state index is 14.1. The Morgan fingerprint density at radius 1 is 1.25 bits per heavy atom. The Bertz CT molecular complexity index is 986. The van der Waals surface area contributed by atoms with Gasteiger partial charge in [0.15, 0.2) is 0 Å². The van der Waals surface area contributed by atoms with Gasteiger partial charge in [0.05, 0.1) is 28.7 Å². The first-order valence-electron chi connectivity index (χ1n) is 8.27. The molecule has 4 nitrogen and oxygen atoms in total. The zero-order valence-corrected chi connectivity index (χ0v) is 15.4. The number of aliphatic hydroxyl groups excluding tert-OH is 1. The van der Waals surface area contributed by atoms with Gasteiger partial charge in [0.2, 0.25) is 0 Å². The maximum absolute atomic E-state index is 14.1. The molecule has 2 N–H and O–H groups in total. The number of alkyl halides is 3. The SMILES string of the molecule is CC(O)Cn1ccc(Nc2cc(-c3cc(Cl)ccc3F)ncc2C(F)(F)F)c1. The normalized spacial score (nSPS) is 12.8. The topological polar surface area (TPSA) is 50.1 Å². The van der Waals surface area contributed by atoms with Gasteiger partial charge in [-0.05, 0) is 37.3 Å². The lowest BCUT2D eigenvalue weighted by Crippen LogP contribution is -2.10. The minimum atomic E-state index is -4.65. The van der Waals surface area contributed by atoms with Gasteiger partial charge in [-0.1, -0.05) is 11.6 Å². The highest BCUT2D eigenvalue weighted by Gasteiger charge is 2.34. The van der Waals surface area contributed by atoms with Crippen LogP contribution in [-0.2, 0) is 12.7 Å². The third-order valence-electron chi connectivity index (χ3n) is 3.92. The molecule has 3 aromatic rings. The second kappa shape index (κ2) is 7.81. The van der Waals surface area contributed by atoms with E-state index < -0.39 is 23.7 Å². The van der Waals surface area contributed by atoms with E-state index in [1.165, 1.54) is 12.1 Å². The fourth-order valence-corrected chi connectivity index (χ4v) is 2.89. The lowest BCUT2D eigenvalue weighted by Gasteiger charge is -2.15. The Labute approximate surface area is 163 Å². The average Bonchev–Trinajstić information content (AvgIpc) is 3.02. The summed E-state index contributed by atoms with van der Waals surface area (Å²) in [5.74, 6) is -0.648. The number of benzene rings is 1. The van der Waals surface area contributed by atoms with Crippen LogP contribution in [0.15, 0.2) is 48.9 Å². The van der Waals surface area contributed by atoms with E-state index in [2.05, 4.69) is 10.3 Å². The standard InChI is InChI=1S/C19H16ClF4N3O/c1-11(28)9-27-5-4-13(10-27)26-18-7-17(25-8-15(18)19(22,23)24)14-6-12(20)2-3-16(14)21/h2-8,10-11,28H,9H2,1H3,(H,25,26). The van der Waals surface area contributed by atoms with Crippen molar-refractivity contribution in [1.29, 1.82) is 0 Å². The largest absolute Gasteiger partial charge is 0.419 e. The quantitative estimate of drug-likeness (QED) is 0.544. The van der Waals surface area contributed by atoms with E-state index in [9.17, 15) is 22.7 Å². The van der Waals surface area contributed by atoms with Crippen molar-refractivity contribution in [3.8, 4) is 11.3 Å². The van der Waals surface area contributed by atoms with E-state index in [0.29, 0.717) is 18.4 Å². The summed E-state index contributed by atoms with van der Waals surface area (Å²) in [4.78, 5) is 3.77. The minimum absolute atomic E-state index is 0.00375. The number of anilines is 2. The monoisotopic (exact) mass is 413 g/mol. The number of pyridine rings is 1. The molecule has 28 heavy (non-hydrogen) atoms. The molecule has 0 bridgehead atoms. The van der Waals surface area contributed by atoms with E-state index in [-0.39, 0.29) is 22.0 Å². The predicted molar refractivity (Wildman–Crippen MR) is 99.0 cm³/mol. The lowest BCUT2D eigenvalue weighted by atomic mass is 10.1. The van der Waals surface area contributed by atoms with E-state index in [0.717, 1.165) is 12.1 Å². The van der Waals surface area contributed by atoms with Gasteiger partial charge in [-0.15, -0.1) is 0 Å². The van der Waals surface area contributed by atoms with Gasteiger partial charge in [-0.25, -0.2) is 4.39 Å². The van der Waals surface area contributed by atoms with Crippen molar-refractivity contribution >= 4 is 23.0 Å². The van der Waals surface area contributed by atoms with Crippen molar-refractivity contribution in [1.82, 2.24) is 9.55 Å². The van der Waals surface area contributed by atoms with Crippen LogP contribution in [-0.4, -0.2) is 20.8 Å². The zero-order valence-electron chi connectivity index (χ0n) is 14.6. The fraction of sp³-hybridized carbons (Fsp3) is 0.211. The number of nitrogens with one attached hydrogen (secondary N) is 1. The van der Waals surface area contributed by atoms with Crippen LogP contribution in [0.1, 0.15) is 12.5 Å². The van der Waals surface area contributed by atoms with Crippen molar-refractivity contribution in [3.63, 3.8) is 0 Å². The van der Waals surface area contributed by atoms with Gasteiger partial charge in [0.25, 0.3) is 0 Å². The second-order valence-corrected chi connectivity index (χ2v) is 6.74. The molecular formula is C19H16ClF4N3O. The summed E-state index contributed by atoms with van der Waals surface area (Å²) in [5.41, 5.74) is -0.863. The van der Waals surface area contributed by atoms with E-state index in [4.69, 9.17) is 11.6 Å². The molecule has 0 saturated carbocycles. The summed E-state index contributed by atoms with van der Waals surface area (Å²) >= 11 is 5.87. The van der Waals surface area contributed by atoms with Crippen LogP contribution in [0.3, 0.4) is 0 Å². The number of aromatic nitrogens is 2. The number of nitrogens with zero attached hydrogens (tertiary/aromatic N) is 2. The maximum Gasteiger partial charge on any atom is 0.419 e. The Hall–Kier alpha value is -2.58. The van der Waals surface area contributed by atoms with E-state index in [1.54, 1.807) is 30.0 Å². The van der Waals surface area contributed by atoms with Crippen molar-refractivity contribution in [2.45, 2.75) is 25.7 Å². The summed E-state index contributed by atoms with van der Waals surface area (Å²) in [6.45, 7) is 1.90. The van der Waals surface area contributed by atoms with Gasteiger partial charge in [0, 0.05) is 35.7 Å². The highest BCUT2D eigenvalue weighted by Crippen LogP contribution is 2.38. The Morgan fingerprint density at radius 3 is 2.68 bits per heavy atom. The summed E-state index contributed by atoms with van der Waals surface area (Å²) in [7, 11) is 0. The third kappa shape index (κ3) is 4.63. The molecule has 1 aromatic carbocycles. The molecule has 9 heteroatoms. The Kier molecular flexibility index (Phi) is 5.62. The Balaban J connectivity index is 2.02. The summed E-state index contributed by atoms with van der Waals surface area (Å²) in [5, 5.41) is 12.4. The molecule has 0 saturated heterocycles. The van der Waals surface area contributed by atoms with E-state index in [1.807, 2.05) is 0 Å². The average molecular weight is 414 g/mol. The van der Waals surface area contributed by atoms with Crippen LogP contribution in [0, 0.1) is 5.82 Å². The molecule has 1 unspecified atom stereocenters. The summed E-state index contributed by atoms with van der Waals surface area (Å²) < 4.78 is 55.9. The zero-order chi connectivity index (χ0) is 20.5. The Morgan fingerprint density at radius 2 is 2.00 bits per heavy atom. The van der Waals surface area contributed by atoms with Gasteiger partial charge >= 0.3 is 6.18 Å². The first-order chi connectivity index (χ1) is 13.1. The number of hydrogen-bond donors (Lipinski definition) is 2. The number of rotatable bonds is 5. The van der Waals surface area contributed by atoms with Gasteiger partial charge in [-0.3, -0.25) is 4.98 Å². The molecule has 2 heterocycles. The molecular weight excluding hydrogens is 398 g/mol. The molecule has 0 aliphatic heterocycles. The number of aliphatic hydroxyl groups is 1. The van der Waals surface area contributed by atoms with Crippen LogP contribution in [0.4, 0.5) is 28.9 Å². The summed E-state index contributed by atoms with van der Waals surface area (Å²) in [6, 6.07) is 6.47. The van der Waals surface area contributed by atoms with Crippen molar-refractivity contribution < 1.29 is 22.7 Å². The first kappa shape index (κ1) is 20.2. The van der Waals surface area contributed by atoms with Crippen molar-refractivity contribution in [2.75, 3.05) is 5.32 Å². The molecule has 0 aliphatic carbocycles. The predicted octanol–water partition coefficient (Wildman–Crippen LogP) is 5.49. The smallest absolute Gasteiger partial charge is 0.392 e. The highest BCUT2D eigenvalue weighted by atomic mass is 35.5. The van der Waals surface area contributed by atoms with E-state index >= 15 is 0 Å². The third-order valence-corrected chi connectivity index (χ3v) is 4.15. The molecule has 148 valence electrons. The highest BCUT2D eigenvalue weighted by molar-refractivity contribution is 6.30. The van der Waals surface area contributed by atoms with Crippen LogP contribution in [0.2, 0.25) is 5.02 Å².